The fourth-order valence-corrected chi connectivity index (χ4v) is 6.42. The first-order valence-corrected chi connectivity index (χ1v) is 20.6. The lowest BCUT2D eigenvalue weighted by Crippen LogP contribution is -2.34. The first-order valence-electron chi connectivity index (χ1n) is 20.6. The zero-order valence-corrected chi connectivity index (χ0v) is 33.1. The van der Waals surface area contributed by atoms with Crippen LogP contribution >= 0.6 is 0 Å². The second kappa shape index (κ2) is 29.1. The largest absolute Gasteiger partial charge is 0.462 e. The molecule has 6 nitrogen and oxygen atoms in total. The quantitative estimate of drug-likeness (QED) is 0.0494. The van der Waals surface area contributed by atoms with Crippen LogP contribution in [0.1, 0.15) is 173 Å². The van der Waals surface area contributed by atoms with Crippen molar-refractivity contribution in [1.29, 1.82) is 0 Å². The molecule has 0 saturated carbocycles. The van der Waals surface area contributed by atoms with Crippen LogP contribution in [0, 0.1) is 11.8 Å². The van der Waals surface area contributed by atoms with Gasteiger partial charge < -0.3 is 14.8 Å². The van der Waals surface area contributed by atoms with E-state index in [0.29, 0.717) is 19.3 Å². The van der Waals surface area contributed by atoms with E-state index in [-0.39, 0.29) is 24.8 Å². The van der Waals surface area contributed by atoms with Gasteiger partial charge in [-0.3, -0.25) is 14.4 Å². The molecule has 1 atom stereocenters. The highest BCUT2D eigenvalue weighted by Gasteiger charge is 2.21. The van der Waals surface area contributed by atoms with Crippen molar-refractivity contribution < 1.29 is 23.9 Å². The van der Waals surface area contributed by atoms with Crippen LogP contribution in [0.25, 0.3) is 0 Å². The SMILES string of the molecule is CC(C)CCCCCCC/C=C\CCC(=O)OC(CCCCCCCCCCC(C)C)CC(=O)NCC(=O)OC(c1ccccc1)c1ccccc1. The van der Waals surface area contributed by atoms with Crippen LogP contribution in [0.2, 0.25) is 0 Å². The number of allylic oxidation sites excluding steroid dienone is 2. The Balaban J connectivity index is 1.79. The van der Waals surface area contributed by atoms with E-state index < -0.39 is 18.2 Å². The zero-order valence-electron chi connectivity index (χ0n) is 33.1. The normalized spacial score (nSPS) is 12.1. The fourth-order valence-electron chi connectivity index (χ4n) is 6.42. The van der Waals surface area contributed by atoms with Gasteiger partial charge in [0.2, 0.25) is 5.91 Å². The van der Waals surface area contributed by atoms with Gasteiger partial charge in [-0.1, -0.05) is 184 Å². The van der Waals surface area contributed by atoms with Crippen LogP contribution in [0.15, 0.2) is 72.8 Å². The van der Waals surface area contributed by atoms with Crippen molar-refractivity contribution in [2.75, 3.05) is 6.54 Å². The number of carbonyl (C=O) groups is 3. The van der Waals surface area contributed by atoms with E-state index in [0.717, 1.165) is 48.6 Å². The smallest absolute Gasteiger partial charge is 0.326 e. The van der Waals surface area contributed by atoms with Crippen molar-refractivity contribution in [2.45, 2.75) is 168 Å². The van der Waals surface area contributed by atoms with Gasteiger partial charge in [-0.05, 0) is 55.1 Å². The molecule has 290 valence electrons. The number of benzene rings is 2. The Morgan fingerprint density at radius 3 is 1.54 bits per heavy atom. The van der Waals surface area contributed by atoms with E-state index in [1.165, 1.54) is 77.0 Å². The number of carbonyl (C=O) groups excluding carboxylic acids is 3. The van der Waals surface area contributed by atoms with Gasteiger partial charge in [0.25, 0.3) is 0 Å². The number of esters is 2. The summed E-state index contributed by atoms with van der Waals surface area (Å²) >= 11 is 0. The molecule has 0 saturated heterocycles. The van der Waals surface area contributed by atoms with Gasteiger partial charge in [0.05, 0.1) is 6.42 Å². The van der Waals surface area contributed by atoms with Crippen molar-refractivity contribution >= 4 is 17.8 Å². The highest BCUT2D eigenvalue weighted by atomic mass is 16.5. The minimum atomic E-state index is -0.575. The minimum absolute atomic E-state index is 0.0304. The van der Waals surface area contributed by atoms with Crippen LogP contribution in [0.5, 0.6) is 0 Å². The van der Waals surface area contributed by atoms with E-state index in [9.17, 15) is 14.4 Å². The van der Waals surface area contributed by atoms with Crippen molar-refractivity contribution in [2.24, 2.45) is 11.8 Å². The standard InChI is InChI=1S/C46H71NO5/c1-38(2)28-20-14-10-6-5-7-13-17-27-35-44(49)51-42(34-26-16-12-9-8-11-15-21-29-39(3)4)36-43(48)47-37-45(50)52-46(40-30-22-18-23-31-40)41-32-24-19-25-33-41/h13,17-19,22-25,30-33,38-39,42,46H,5-12,14-16,20-21,26-29,34-37H2,1-4H3,(H,47,48)/b17-13-. The van der Waals surface area contributed by atoms with E-state index in [1.54, 1.807) is 0 Å². The lowest BCUT2D eigenvalue weighted by atomic mass is 10.0. The molecule has 1 unspecified atom stereocenters. The number of ether oxygens (including phenoxy) is 2. The van der Waals surface area contributed by atoms with Gasteiger partial charge in [-0.2, -0.15) is 0 Å². The van der Waals surface area contributed by atoms with Gasteiger partial charge in [0.15, 0.2) is 6.10 Å². The van der Waals surface area contributed by atoms with Crippen LogP contribution in [-0.4, -0.2) is 30.5 Å². The van der Waals surface area contributed by atoms with Gasteiger partial charge in [0, 0.05) is 6.42 Å². The van der Waals surface area contributed by atoms with Gasteiger partial charge in [0.1, 0.15) is 12.6 Å². The molecule has 0 fully saturated rings. The molecule has 0 aromatic heterocycles. The molecule has 0 aliphatic heterocycles. The second-order valence-corrected chi connectivity index (χ2v) is 15.3. The number of unbranched alkanes of at least 4 members (excludes halogenated alkanes) is 12. The third-order valence-electron chi connectivity index (χ3n) is 9.49. The van der Waals surface area contributed by atoms with E-state index in [4.69, 9.17) is 9.47 Å². The summed E-state index contributed by atoms with van der Waals surface area (Å²) in [7, 11) is 0. The lowest BCUT2D eigenvalue weighted by Gasteiger charge is -2.20. The van der Waals surface area contributed by atoms with E-state index >= 15 is 0 Å². The third-order valence-corrected chi connectivity index (χ3v) is 9.49. The molecular weight excluding hydrogens is 647 g/mol. The average molecular weight is 718 g/mol. The van der Waals surface area contributed by atoms with Gasteiger partial charge in [-0.25, -0.2) is 0 Å². The molecule has 6 heteroatoms. The van der Waals surface area contributed by atoms with Crippen LogP contribution < -0.4 is 5.32 Å². The summed E-state index contributed by atoms with van der Waals surface area (Å²) in [6.07, 6.45) is 24.3. The molecule has 1 amide bonds. The third kappa shape index (κ3) is 23.2. The Hall–Kier alpha value is -3.41. The van der Waals surface area contributed by atoms with Crippen molar-refractivity contribution in [1.82, 2.24) is 5.32 Å². The molecule has 0 radical (unpaired) electrons. The summed E-state index contributed by atoms with van der Waals surface area (Å²) in [5.41, 5.74) is 1.71. The zero-order chi connectivity index (χ0) is 37.7. The van der Waals surface area contributed by atoms with E-state index in [2.05, 4.69) is 45.2 Å². The van der Waals surface area contributed by atoms with Crippen molar-refractivity contribution in [3.05, 3.63) is 83.9 Å². The second-order valence-electron chi connectivity index (χ2n) is 15.3. The molecule has 2 aromatic rings. The first-order chi connectivity index (χ1) is 25.2. The number of nitrogens with one attached hydrogen (secondary N) is 1. The predicted molar refractivity (Wildman–Crippen MR) is 215 cm³/mol. The predicted octanol–water partition coefficient (Wildman–Crippen LogP) is 12.0. The van der Waals surface area contributed by atoms with Gasteiger partial charge in [-0.15, -0.1) is 0 Å². The summed E-state index contributed by atoms with van der Waals surface area (Å²) in [5.74, 6) is 0.450. The number of hydrogen-bond acceptors (Lipinski definition) is 5. The molecule has 1 N–H and O–H groups in total. The summed E-state index contributed by atoms with van der Waals surface area (Å²) in [4.78, 5) is 38.8. The van der Waals surface area contributed by atoms with Crippen molar-refractivity contribution in [3.63, 3.8) is 0 Å². The maximum absolute atomic E-state index is 13.0. The highest BCUT2D eigenvalue weighted by molar-refractivity contribution is 5.82. The summed E-state index contributed by atoms with van der Waals surface area (Å²) < 4.78 is 11.7. The molecule has 0 aliphatic carbocycles. The molecule has 0 heterocycles. The summed E-state index contributed by atoms with van der Waals surface area (Å²) in [5, 5.41) is 2.71. The average Bonchev–Trinajstić information content (AvgIpc) is 3.13. The molecule has 0 spiro atoms. The summed E-state index contributed by atoms with van der Waals surface area (Å²) in [6, 6.07) is 19.1. The number of amides is 1. The highest BCUT2D eigenvalue weighted by Crippen LogP contribution is 2.26. The first kappa shape index (κ1) is 44.7. The van der Waals surface area contributed by atoms with Crippen molar-refractivity contribution in [3.8, 4) is 0 Å². The maximum Gasteiger partial charge on any atom is 0.326 e. The Morgan fingerprint density at radius 1 is 0.558 bits per heavy atom. The minimum Gasteiger partial charge on any atom is -0.462 e. The summed E-state index contributed by atoms with van der Waals surface area (Å²) in [6.45, 7) is 8.88. The van der Waals surface area contributed by atoms with Crippen LogP contribution in [-0.2, 0) is 23.9 Å². The molecule has 2 rings (SSSR count). The van der Waals surface area contributed by atoms with Crippen LogP contribution in [0.4, 0.5) is 0 Å². The molecule has 0 aliphatic rings. The van der Waals surface area contributed by atoms with Crippen LogP contribution in [0.3, 0.4) is 0 Å². The van der Waals surface area contributed by atoms with Gasteiger partial charge >= 0.3 is 11.9 Å². The Morgan fingerprint density at radius 2 is 1.02 bits per heavy atom. The Labute approximate surface area is 316 Å². The lowest BCUT2D eigenvalue weighted by molar-refractivity contribution is -0.152. The maximum atomic E-state index is 13.0. The number of hydrogen-bond donors (Lipinski definition) is 1. The Bertz CT molecular complexity index is 1190. The molecular formula is C46H71NO5. The topological polar surface area (TPSA) is 81.7 Å². The molecule has 2 aromatic carbocycles. The number of rotatable bonds is 30. The molecule has 0 bridgehead atoms. The fraction of sp³-hybridized carbons (Fsp3) is 0.630. The Kier molecular flexibility index (Phi) is 25.0. The van der Waals surface area contributed by atoms with E-state index in [1.807, 2.05) is 60.7 Å². The molecule has 52 heavy (non-hydrogen) atoms. The monoisotopic (exact) mass is 718 g/mol.